The standard InChI is InChI=1S/C6H9FO5/c1-2-12-5(10)6(7,11)3-4(8)9/h11H,2-3H2,1H3,(H,8,9). The molecule has 0 rings (SSSR count). The molecule has 0 aliphatic heterocycles. The molecule has 0 spiro atoms. The van der Waals surface area contributed by atoms with Crippen molar-refractivity contribution < 1.29 is 28.9 Å². The van der Waals surface area contributed by atoms with E-state index in [1.165, 1.54) is 6.92 Å². The predicted octanol–water partition coefficient (Wildman–Crippen LogP) is -0.318. The summed E-state index contributed by atoms with van der Waals surface area (Å²) < 4.78 is 16.7. The van der Waals surface area contributed by atoms with Crippen LogP contribution < -0.4 is 0 Å². The zero-order valence-electron chi connectivity index (χ0n) is 6.41. The van der Waals surface area contributed by atoms with Gasteiger partial charge in [0.15, 0.2) is 0 Å². The first-order chi connectivity index (χ1) is 5.40. The Bertz CT molecular complexity index is 188. The number of alkyl halides is 1. The molecular weight excluding hydrogens is 171 g/mol. The highest BCUT2D eigenvalue weighted by Gasteiger charge is 2.40. The van der Waals surface area contributed by atoms with E-state index in [4.69, 9.17) is 10.2 Å². The third-order valence-electron chi connectivity index (χ3n) is 0.974. The molecule has 2 N–H and O–H groups in total. The number of ether oxygens (including phenoxy) is 1. The van der Waals surface area contributed by atoms with Crippen molar-refractivity contribution in [1.29, 1.82) is 0 Å². The van der Waals surface area contributed by atoms with Crippen molar-refractivity contribution in [3.63, 3.8) is 0 Å². The average molecular weight is 180 g/mol. The van der Waals surface area contributed by atoms with Gasteiger partial charge >= 0.3 is 17.8 Å². The molecule has 0 aromatic heterocycles. The molecule has 0 saturated heterocycles. The summed E-state index contributed by atoms with van der Waals surface area (Å²) in [5, 5.41) is 16.6. The second kappa shape index (κ2) is 4.01. The lowest BCUT2D eigenvalue weighted by Gasteiger charge is -2.13. The molecule has 0 heterocycles. The summed E-state index contributed by atoms with van der Waals surface area (Å²) in [5.74, 6) is -6.62. The second-order valence-electron chi connectivity index (χ2n) is 2.05. The van der Waals surface area contributed by atoms with Crippen LogP contribution in [0.1, 0.15) is 13.3 Å². The van der Waals surface area contributed by atoms with E-state index in [0.29, 0.717) is 0 Å². The Morgan fingerprint density at radius 3 is 2.42 bits per heavy atom. The Morgan fingerprint density at radius 1 is 1.58 bits per heavy atom. The number of aliphatic hydroxyl groups is 1. The van der Waals surface area contributed by atoms with Crippen molar-refractivity contribution in [3.8, 4) is 0 Å². The molecule has 0 fully saturated rings. The molecule has 0 aliphatic carbocycles. The van der Waals surface area contributed by atoms with Crippen LogP contribution in [-0.2, 0) is 14.3 Å². The number of esters is 1. The number of carbonyl (C=O) groups is 2. The summed E-state index contributed by atoms with van der Waals surface area (Å²) in [6, 6.07) is 0. The van der Waals surface area contributed by atoms with E-state index in [1.807, 2.05) is 0 Å². The van der Waals surface area contributed by atoms with Gasteiger partial charge in [-0.25, -0.2) is 4.79 Å². The smallest absolute Gasteiger partial charge is 0.372 e. The maximum Gasteiger partial charge on any atom is 0.372 e. The Labute approximate surface area is 67.8 Å². The molecular formula is C6H9FO5. The van der Waals surface area contributed by atoms with Gasteiger partial charge in [0, 0.05) is 0 Å². The molecule has 0 aliphatic rings. The number of halogens is 1. The minimum absolute atomic E-state index is 0.120. The minimum Gasteiger partial charge on any atom is -0.481 e. The number of carbonyl (C=O) groups excluding carboxylic acids is 1. The molecule has 0 amide bonds. The highest BCUT2D eigenvalue weighted by molar-refractivity contribution is 5.83. The fourth-order valence-corrected chi connectivity index (χ4v) is 0.514. The molecule has 70 valence electrons. The first kappa shape index (κ1) is 10.8. The highest BCUT2D eigenvalue weighted by Crippen LogP contribution is 2.13. The van der Waals surface area contributed by atoms with E-state index < -0.39 is 24.2 Å². The van der Waals surface area contributed by atoms with Crippen molar-refractivity contribution in [2.24, 2.45) is 0 Å². The van der Waals surface area contributed by atoms with Crippen LogP contribution in [0, 0.1) is 0 Å². The molecule has 1 atom stereocenters. The van der Waals surface area contributed by atoms with Crippen LogP contribution in [0.4, 0.5) is 4.39 Å². The molecule has 0 radical (unpaired) electrons. The lowest BCUT2D eigenvalue weighted by atomic mass is 10.2. The third kappa shape index (κ3) is 3.29. The van der Waals surface area contributed by atoms with Gasteiger partial charge in [-0.3, -0.25) is 4.79 Å². The maximum atomic E-state index is 12.6. The fourth-order valence-electron chi connectivity index (χ4n) is 0.514. The number of carboxylic acids is 1. The molecule has 6 heteroatoms. The van der Waals surface area contributed by atoms with Gasteiger partial charge in [-0.05, 0) is 6.92 Å². The van der Waals surface area contributed by atoms with E-state index >= 15 is 0 Å². The summed E-state index contributed by atoms with van der Waals surface area (Å²) in [6.07, 6.45) is -1.31. The topological polar surface area (TPSA) is 83.8 Å². The lowest BCUT2D eigenvalue weighted by Crippen LogP contribution is -2.37. The monoisotopic (exact) mass is 180 g/mol. The van der Waals surface area contributed by atoms with Crippen molar-refractivity contribution in [1.82, 2.24) is 0 Å². The summed E-state index contributed by atoms with van der Waals surface area (Å²) in [5.41, 5.74) is 0. The molecule has 12 heavy (non-hydrogen) atoms. The quantitative estimate of drug-likeness (QED) is 0.579. The summed E-state index contributed by atoms with van der Waals surface area (Å²) in [7, 11) is 0. The molecule has 0 saturated carbocycles. The van der Waals surface area contributed by atoms with Crippen molar-refractivity contribution >= 4 is 11.9 Å². The lowest BCUT2D eigenvalue weighted by molar-refractivity contribution is -0.191. The number of hydrogen-bond acceptors (Lipinski definition) is 4. The first-order valence-electron chi connectivity index (χ1n) is 3.20. The van der Waals surface area contributed by atoms with Gasteiger partial charge in [0.05, 0.1) is 6.61 Å². The largest absolute Gasteiger partial charge is 0.481 e. The van der Waals surface area contributed by atoms with Crippen LogP contribution in [-0.4, -0.2) is 34.6 Å². The van der Waals surface area contributed by atoms with Gasteiger partial charge < -0.3 is 14.9 Å². The third-order valence-corrected chi connectivity index (χ3v) is 0.974. The normalized spacial score (nSPS) is 14.9. The maximum absolute atomic E-state index is 12.6. The predicted molar refractivity (Wildman–Crippen MR) is 34.9 cm³/mol. The van der Waals surface area contributed by atoms with Gasteiger partial charge in [-0.15, -0.1) is 0 Å². The number of carboxylic acid groups (broad SMARTS) is 1. The number of aliphatic carboxylic acids is 1. The molecule has 0 aromatic rings. The molecule has 5 nitrogen and oxygen atoms in total. The molecule has 0 aromatic carbocycles. The Morgan fingerprint density at radius 2 is 2.08 bits per heavy atom. The van der Waals surface area contributed by atoms with Crippen LogP contribution in [0.2, 0.25) is 0 Å². The summed E-state index contributed by atoms with van der Waals surface area (Å²) >= 11 is 0. The number of rotatable bonds is 4. The van der Waals surface area contributed by atoms with E-state index in [0.717, 1.165) is 0 Å². The highest BCUT2D eigenvalue weighted by atomic mass is 19.2. The van der Waals surface area contributed by atoms with Gasteiger partial charge in [0.2, 0.25) is 0 Å². The van der Waals surface area contributed by atoms with Crippen LogP contribution in [0.25, 0.3) is 0 Å². The minimum atomic E-state index is -3.43. The van der Waals surface area contributed by atoms with Gasteiger partial charge in [0.1, 0.15) is 6.42 Å². The van der Waals surface area contributed by atoms with Gasteiger partial charge in [0.25, 0.3) is 0 Å². The SMILES string of the molecule is CCOC(=O)C(O)(F)CC(=O)O. The van der Waals surface area contributed by atoms with Crippen molar-refractivity contribution in [2.75, 3.05) is 6.61 Å². The Balaban J connectivity index is 4.18. The van der Waals surface area contributed by atoms with Gasteiger partial charge in [-0.2, -0.15) is 4.39 Å². The van der Waals surface area contributed by atoms with Crippen LogP contribution >= 0.6 is 0 Å². The van der Waals surface area contributed by atoms with Crippen LogP contribution in [0.15, 0.2) is 0 Å². The van der Waals surface area contributed by atoms with Crippen molar-refractivity contribution in [2.45, 2.75) is 19.2 Å². The zero-order chi connectivity index (χ0) is 9.78. The fraction of sp³-hybridized carbons (Fsp3) is 0.667. The number of hydrogen-bond donors (Lipinski definition) is 2. The Kier molecular flexibility index (Phi) is 3.62. The van der Waals surface area contributed by atoms with E-state index in [9.17, 15) is 14.0 Å². The summed E-state index contributed by atoms with van der Waals surface area (Å²) in [4.78, 5) is 20.4. The molecule has 1 unspecified atom stereocenters. The van der Waals surface area contributed by atoms with E-state index in [-0.39, 0.29) is 6.61 Å². The summed E-state index contributed by atoms with van der Waals surface area (Å²) in [6.45, 7) is 1.29. The molecule has 0 bridgehead atoms. The van der Waals surface area contributed by atoms with E-state index in [1.54, 1.807) is 0 Å². The average Bonchev–Trinajstić information content (AvgIpc) is 1.85. The zero-order valence-corrected chi connectivity index (χ0v) is 6.41. The second-order valence-corrected chi connectivity index (χ2v) is 2.05. The van der Waals surface area contributed by atoms with Gasteiger partial charge in [-0.1, -0.05) is 0 Å². The Hall–Kier alpha value is -1.17. The van der Waals surface area contributed by atoms with Crippen LogP contribution in [0.3, 0.4) is 0 Å². The van der Waals surface area contributed by atoms with Crippen molar-refractivity contribution in [3.05, 3.63) is 0 Å². The first-order valence-corrected chi connectivity index (χ1v) is 3.20. The van der Waals surface area contributed by atoms with E-state index in [2.05, 4.69) is 4.74 Å². The van der Waals surface area contributed by atoms with Crippen LogP contribution in [0.5, 0.6) is 0 Å².